The normalized spacial score (nSPS) is 39.2. The lowest BCUT2D eigenvalue weighted by molar-refractivity contribution is -0.280. The molecule has 7 fully saturated rings. The summed E-state index contributed by atoms with van der Waals surface area (Å²) in [5.41, 5.74) is 1.01. The monoisotopic (exact) mass is 1070 g/mol. The number of rotatable bonds is 12. The number of aliphatic imine (C=N–C) groups is 1. The van der Waals surface area contributed by atoms with E-state index < -0.39 is 22.2 Å². The summed E-state index contributed by atoms with van der Waals surface area (Å²) in [6, 6.07) is 13.3. The highest BCUT2D eigenvalue weighted by Gasteiger charge is 2.62. The maximum Gasteiger partial charge on any atom is 0.207 e. The van der Waals surface area contributed by atoms with Crippen LogP contribution in [0.4, 0.5) is 5.69 Å². The van der Waals surface area contributed by atoms with Gasteiger partial charge in [0.25, 0.3) is 0 Å². The molecule has 9 aliphatic rings. The number of nitrogens with one attached hydrogen (secondary N) is 3. The number of carbonyl (C=O) groups is 1. The number of phenols is 1. The molecule has 0 aromatic heterocycles. The zero-order valence-electron chi connectivity index (χ0n) is 46.9. The zero-order valence-corrected chi connectivity index (χ0v) is 46.9. The molecule has 11 rings (SSSR count). The number of aliphatic hydroxyl groups is 3. The van der Waals surface area contributed by atoms with Crippen molar-refractivity contribution >= 4 is 17.4 Å². The lowest BCUT2D eigenvalue weighted by Crippen LogP contribution is -2.55. The first-order chi connectivity index (χ1) is 37.9. The van der Waals surface area contributed by atoms with Gasteiger partial charge in [0, 0.05) is 75.3 Å². The Morgan fingerprint density at radius 1 is 0.949 bits per heavy atom. The van der Waals surface area contributed by atoms with Gasteiger partial charge in [-0.15, -0.1) is 0 Å². The Balaban J connectivity index is 1.05. The molecule has 2 aromatic rings. The number of hydrogen-bond donors (Lipinski definition) is 7. The van der Waals surface area contributed by atoms with Crippen LogP contribution in [0.3, 0.4) is 0 Å². The highest BCUT2D eigenvalue weighted by molar-refractivity contribution is 5.97. The second-order valence-electron chi connectivity index (χ2n) is 25.7. The van der Waals surface area contributed by atoms with Gasteiger partial charge in [-0.1, -0.05) is 56.6 Å². The van der Waals surface area contributed by atoms with Crippen molar-refractivity contribution in [3.63, 3.8) is 0 Å². The number of ketones is 1. The average Bonchev–Trinajstić information content (AvgIpc) is 3.91. The van der Waals surface area contributed by atoms with Gasteiger partial charge in [-0.3, -0.25) is 15.1 Å². The van der Waals surface area contributed by atoms with E-state index in [0.29, 0.717) is 104 Å². The number of benzene rings is 2. The molecule has 78 heavy (non-hydrogen) atoms. The Morgan fingerprint density at radius 3 is 2.63 bits per heavy atom. The van der Waals surface area contributed by atoms with Crippen LogP contribution in [0, 0.1) is 94.5 Å². The van der Waals surface area contributed by atoms with Crippen LogP contribution in [0.2, 0.25) is 0 Å². The number of aliphatic hydroxyl groups excluding tert-OH is 2. The minimum Gasteiger partial charge on any atom is -0.504 e. The average molecular weight is 1070 g/mol. The molecule has 7 N–H and O–H groups in total. The molecule has 3 aliphatic heterocycles. The predicted molar refractivity (Wildman–Crippen MR) is 302 cm³/mol. The molecule has 16 atom stereocenters. The van der Waals surface area contributed by atoms with E-state index in [1.165, 1.54) is 6.42 Å². The fraction of sp³-hybridized carbons (Fsp3) is 0.692. The number of carbonyl (C=O) groups excluding carboxylic acids is 1. The Morgan fingerprint density at radius 2 is 1.82 bits per heavy atom. The van der Waals surface area contributed by atoms with E-state index in [1.54, 1.807) is 20.2 Å². The van der Waals surface area contributed by atoms with Crippen molar-refractivity contribution in [2.24, 2.45) is 75.5 Å². The minimum atomic E-state index is -1.30. The Hall–Kier alpha value is -4.76. The number of phenolic OH excluding ortho intramolecular Hbond substituents is 1. The molecule has 13 nitrogen and oxygen atoms in total. The number of likely N-dealkylation sites (N-methyl/N-ethyl adjacent to an activating group) is 1. The molecule has 0 amide bonds. The third kappa shape index (κ3) is 10.2. The van der Waals surface area contributed by atoms with Gasteiger partial charge in [0.05, 0.1) is 18.9 Å². The molecular formula is C65H88N4O9. The number of allylic oxidation sites excluding steroid dienone is 2. The van der Waals surface area contributed by atoms with Crippen LogP contribution in [0.5, 0.6) is 23.0 Å². The van der Waals surface area contributed by atoms with Gasteiger partial charge in [-0.25, -0.2) is 0 Å². The van der Waals surface area contributed by atoms with Crippen LogP contribution < -0.4 is 30.2 Å². The highest BCUT2D eigenvalue weighted by Crippen LogP contribution is 2.67. The first-order valence-corrected chi connectivity index (χ1v) is 30.3. The van der Waals surface area contributed by atoms with Crippen molar-refractivity contribution in [1.29, 1.82) is 0 Å². The number of aromatic hydroxyl groups is 1. The summed E-state index contributed by atoms with van der Waals surface area (Å²) in [6.45, 7) is 3.15. The van der Waals surface area contributed by atoms with Crippen LogP contribution in [-0.4, -0.2) is 90.6 Å². The van der Waals surface area contributed by atoms with Crippen molar-refractivity contribution in [3.05, 3.63) is 53.6 Å². The number of guanidine groups is 1. The molecule has 4 bridgehead atoms. The number of anilines is 1. The molecule has 13 heteroatoms. The molecule has 6 aliphatic carbocycles. The molecule has 422 valence electrons. The van der Waals surface area contributed by atoms with E-state index in [2.05, 4.69) is 65.1 Å². The maximum atomic E-state index is 15.8. The van der Waals surface area contributed by atoms with Crippen LogP contribution in [0.25, 0.3) is 0 Å². The summed E-state index contributed by atoms with van der Waals surface area (Å²) in [5.74, 6) is 10.4. The number of methoxy groups -OCH3 is 1. The minimum absolute atomic E-state index is 0.00148. The van der Waals surface area contributed by atoms with Crippen molar-refractivity contribution < 1.29 is 44.2 Å². The first kappa shape index (κ1) is 55.2. The standard InChI is InChI=1S/C65H88N4O9/c1-5-41-16-20-49-50(14-9-29-70)52-15-7-26-65(52)48-33-54(60-57(34-48)77-62(40-66-2)36-44(11-10-30-76-60)46(37-62)38-64(74)27-24-43-18-19-45(39-71)59(43)78-64)69-61(67-3)68-28-8-13-47-12-6-25-63(47,58(73)23-21-53(65)51(49)31-41)35-42-17-22-55(72)56(32-42)75-4/h17,21-23,32-34,41,43-47,49-53,59,66,70-72,74H,5-7,9,11-16,18-20,24-27,29,31,35-40H2,1-4H3,(H2,67,68,69). The lowest BCUT2D eigenvalue weighted by atomic mass is 9.45. The Bertz CT molecular complexity index is 2700. The van der Waals surface area contributed by atoms with E-state index in [-0.39, 0.29) is 66.4 Å². The summed E-state index contributed by atoms with van der Waals surface area (Å²) in [6.07, 6.45) is 26.2. The molecular weight excluding hydrogens is 981 g/mol. The third-order valence-corrected chi connectivity index (χ3v) is 21.8. The van der Waals surface area contributed by atoms with Crippen molar-refractivity contribution in [2.45, 2.75) is 171 Å². The van der Waals surface area contributed by atoms with E-state index in [1.807, 2.05) is 25.3 Å². The molecule has 3 heterocycles. The fourth-order valence-corrected chi connectivity index (χ4v) is 18.4. The SMILES string of the molecule is CCC1CCC2C(C1)C1C=CC(=O)C3(Cc4ccc(O)c(OC)c4)CCCC3CC#CNC(=NC)Nc3cc(cc4c3OC#CCC3CC(CNC)(CC3CC3(O)CCC5CCC(CO)C5O3)O4)C13CCCC3C2CCCO. The smallest absolute Gasteiger partial charge is 0.207 e. The second-order valence-corrected chi connectivity index (χ2v) is 25.7. The maximum absolute atomic E-state index is 15.8. The highest BCUT2D eigenvalue weighted by atomic mass is 16.6. The molecule has 1 spiro atoms. The van der Waals surface area contributed by atoms with Gasteiger partial charge in [-0.2, -0.15) is 0 Å². The summed E-state index contributed by atoms with van der Waals surface area (Å²) in [5, 5.41) is 54.3. The molecule has 1 saturated heterocycles. The quantitative estimate of drug-likeness (QED) is 0.100. The molecule has 2 aromatic carbocycles. The van der Waals surface area contributed by atoms with Crippen molar-refractivity contribution in [1.82, 2.24) is 10.6 Å². The molecule has 0 radical (unpaired) electrons. The van der Waals surface area contributed by atoms with Crippen LogP contribution >= 0.6 is 0 Å². The summed E-state index contributed by atoms with van der Waals surface area (Å²) >= 11 is 0. The number of nitrogens with zero attached hydrogens (tertiary/aromatic N) is 1. The largest absolute Gasteiger partial charge is 0.504 e. The van der Waals surface area contributed by atoms with Crippen LogP contribution in [-0.2, 0) is 21.4 Å². The Labute approximate surface area is 463 Å². The van der Waals surface area contributed by atoms with E-state index >= 15 is 4.79 Å². The van der Waals surface area contributed by atoms with Gasteiger partial charge in [0.1, 0.15) is 11.7 Å². The topological polar surface area (TPSA) is 183 Å². The fourth-order valence-electron chi connectivity index (χ4n) is 18.4. The van der Waals surface area contributed by atoms with Crippen molar-refractivity contribution in [3.8, 4) is 47.0 Å². The van der Waals surface area contributed by atoms with Gasteiger partial charge < -0.3 is 50.0 Å². The van der Waals surface area contributed by atoms with E-state index in [4.69, 9.17) is 23.9 Å². The second kappa shape index (κ2) is 23.0. The van der Waals surface area contributed by atoms with Gasteiger partial charge >= 0.3 is 0 Å². The summed E-state index contributed by atoms with van der Waals surface area (Å²) in [7, 11) is 5.29. The number of fused-ring (bicyclic) bond motifs is 10. The van der Waals surface area contributed by atoms with E-state index in [9.17, 15) is 20.4 Å². The van der Waals surface area contributed by atoms with E-state index in [0.717, 1.165) is 107 Å². The molecule has 16 unspecified atom stereocenters. The number of ether oxygens (including phenoxy) is 4. The third-order valence-electron chi connectivity index (χ3n) is 21.8. The van der Waals surface area contributed by atoms with Gasteiger partial charge in [0.2, 0.25) is 11.7 Å². The lowest BCUT2D eigenvalue weighted by Gasteiger charge is -2.59. The van der Waals surface area contributed by atoms with Crippen molar-refractivity contribution in [2.75, 3.05) is 46.3 Å². The van der Waals surface area contributed by atoms with Gasteiger partial charge in [0.15, 0.2) is 28.8 Å². The summed E-state index contributed by atoms with van der Waals surface area (Å²) in [4.78, 5) is 20.6. The van der Waals surface area contributed by atoms with Gasteiger partial charge in [-0.05, 0) is 198 Å². The number of hydrogen-bond acceptors (Lipinski definition) is 11. The Kier molecular flexibility index (Phi) is 16.3. The zero-order chi connectivity index (χ0) is 54.2. The summed E-state index contributed by atoms with van der Waals surface area (Å²) < 4.78 is 26.7. The predicted octanol–water partition coefficient (Wildman–Crippen LogP) is 9.79. The molecule has 6 saturated carbocycles. The first-order valence-electron chi connectivity index (χ1n) is 30.3. The van der Waals surface area contributed by atoms with Crippen LogP contribution in [0.1, 0.15) is 153 Å². The van der Waals surface area contributed by atoms with Crippen LogP contribution in [0.15, 0.2) is 47.5 Å².